The number of nitrogens with one attached hydrogen (secondary N) is 1. The van der Waals surface area contributed by atoms with E-state index in [9.17, 15) is 4.39 Å². The average molecular weight is 318 g/mol. The smallest absolute Gasteiger partial charge is 0.173 e. The highest BCUT2D eigenvalue weighted by Gasteiger charge is 2.19. The van der Waals surface area contributed by atoms with Gasteiger partial charge in [0.2, 0.25) is 0 Å². The Morgan fingerprint density at radius 2 is 1.95 bits per heavy atom. The number of benzene rings is 2. The molecule has 1 N–H and O–H groups in total. The quantitative estimate of drug-likeness (QED) is 0.847. The predicted octanol–water partition coefficient (Wildman–Crippen LogP) is 3.81. The molecule has 1 heterocycles. The Balaban J connectivity index is 1.68. The molecule has 2 aromatic carbocycles. The molecule has 0 atom stereocenters. The van der Waals surface area contributed by atoms with Crippen molar-refractivity contribution in [3.63, 3.8) is 0 Å². The van der Waals surface area contributed by atoms with E-state index in [0.717, 1.165) is 23.5 Å². The van der Waals surface area contributed by atoms with Gasteiger partial charge in [0.05, 0.1) is 5.69 Å². The summed E-state index contributed by atoms with van der Waals surface area (Å²) in [5, 5.41) is 3.97. The Morgan fingerprint density at radius 1 is 1.19 bits per heavy atom. The van der Waals surface area contributed by atoms with Gasteiger partial charge in [-0.05, 0) is 42.0 Å². The molecule has 0 saturated heterocycles. The summed E-state index contributed by atoms with van der Waals surface area (Å²) in [4.78, 5) is 3.39. The molecule has 0 radical (unpaired) electrons. The van der Waals surface area contributed by atoms with Gasteiger partial charge in [0.1, 0.15) is 5.82 Å². The number of hydrogen-bond donors (Lipinski definition) is 1. The van der Waals surface area contributed by atoms with Crippen LogP contribution in [0, 0.1) is 5.82 Å². The van der Waals surface area contributed by atoms with Crippen molar-refractivity contribution in [2.75, 3.05) is 17.2 Å². The van der Waals surface area contributed by atoms with Gasteiger partial charge in [0.25, 0.3) is 0 Å². The fraction of sp³-hybridized carbons (Fsp3) is 0.188. The standard InChI is InChI=1S/C16H15FN2S2/c17-13-7-5-12(6-8-13)11-18-16(20)19-9-10-21-15-4-2-1-3-14(15)19/h1-8H,9-11H2,(H,18,20). The molecule has 0 spiro atoms. The number of hydrogen-bond acceptors (Lipinski definition) is 2. The molecule has 1 aliphatic rings. The second kappa shape index (κ2) is 6.45. The molecule has 0 amide bonds. The van der Waals surface area contributed by atoms with Crippen LogP contribution in [-0.2, 0) is 6.54 Å². The van der Waals surface area contributed by atoms with E-state index in [1.54, 1.807) is 12.1 Å². The zero-order chi connectivity index (χ0) is 14.7. The van der Waals surface area contributed by atoms with Crippen LogP contribution < -0.4 is 10.2 Å². The Morgan fingerprint density at radius 3 is 2.76 bits per heavy atom. The summed E-state index contributed by atoms with van der Waals surface area (Å²) < 4.78 is 12.9. The van der Waals surface area contributed by atoms with Crippen LogP contribution >= 0.6 is 24.0 Å². The molecule has 1 aliphatic heterocycles. The van der Waals surface area contributed by atoms with Crippen molar-refractivity contribution in [3.05, 3.63) is 59.9 Å². The third-order valence-electron chi connectivity index (χ3n) is 3.33. The number of halogens is 1. The largest absolute Gasteiger partial charge is 0.358 e. The molecule has 0 saturated carbocycles. The van der Waals surface area contributed by atoms with Crippen LogP contribution in [0.5, 0.6) is 0 Å². The summed E-state index contributed by atoms with van der Waals surface area (Å²) in [6, 6.07) is 14.8. The SMILES string of the molecule is Fc1ccc(CNC(=S)N2CCSc3ccccc32)cc1. The fourth-order valence-corrected chi connectivity index (χ4v) is 3.51. The molecule has 108 valence electrons. The normalized spacial score (nSPS) is 13.7. The van der Waals surface area contributed by atoms with Crippen molar-refractivity contribution in [2.45, 2.75) is 11.4 Å². The van der Waals surface area contributed by atoms with Crippen LogP contribution in [0.2, 0.25) is 0 Å². The van der Waals surface area contributed by atoms with Crippen molar-refractivity contribution in [1.82, 2.24) is 5.32 Å². The van der Waals surface area contributed by atoms with E-state index in [1.807, 2.05) is 23.9 Å². The molecule has 0 unspecified atom stereocenters. The van der Waals surface area contributed by atoms with E-state index in [-0.39, 0.29) is 5.82 Å². The number of rotatable bonds is 2. The molecule has 0 aromatic heterocycles. The summed E-state index contributed by atoms with van der Waals surface area (Å²) in [7, 11) is 0. The van der Waals surface area contributed by atoms with Gasteiger partial charge in [0, 0.05) is 23.7 Å². The lowest BCUT2D eigenvalue weighted by atomic mass is 10.2. The molecule has 2 nitrogen and oxygen atoms in total. The fourth-order valence-electron chi connectivity index (χ4n) is 2.26. The molecular weight excluding hydrogens is 303 g/mol. The molecule has 0 fully saturated rings. The topological polar surface area (TPSA) is 15.3 Å². The van der Waals surface area contributed by atoms with Gasteiger partial charge in [-0.3, -0.25) is 0 Å². The first-order chi connectivity index (χ1) is 10.2. The summed E-state index contributed by atoms with van der Waals surface area (Å²) in [5.74, 6) is 0.804. The van der Waals surface area contributed by atoms with E-state index < -0.39 is 0 Å². The Kier molecular flexibility index (Phi) is 4.41. The van der Waals surface area contributed by atoms with E-state index >= 15 is 0 Å². The number of thioether (sulfide) groups is 1. The monoisotopic (exact) mass is 318 g/mol. The molecule has 3 rings (SSSR count). The van der Waals surface area contributed by atoms with Crippen molar-refractivity contribution >= 4 is 34.8 Å². The van der Waals surface area contributed by atoms with Crippen LogP contribution in [-0.4, -0.2) is 17.4 Å². The minimum atomic E-state index is -0.219. The third-order valence-corrected chi connectivity index (χ3v) is 4.74. The highest BCUT2D eigenvalue weighted by molar-refractivity contribution is 7.99. The zero-order valence-corrected chi connectivity index (χ0v) is 13.0. The molecular formula is C16H15FN2S2. The van der Waals surface area contributed by atoms with Crippen molar-refractivity contribution in [2.24, 2.45) is 0 Å². The number of para-hydroxylation sites is 1. The zero-order valence-electron chi connectivity index (χ0n) is 11.4. The summed E-state index contributed by atoms with van der Waals surface area (Å²) in [5.41, 5.74) is 2.17. The number of fused-ring (bicyclic) bond motifs is 1. The molecule has 0 bridgehead atoms. The minimum absolute atomic E-state index is 0.219. The van der Waals surface area contributed by atoms with Crippen molar-refractivity contribution in [3.8, 4) is 0 Å². The van der Waals surface area contributed by atoms with Crippen molar-refractivity contribution < 1.29 is 4.39 Å². The van der Waals surface area contributed by atoms with Gasteiger partial charge in [-0.25, -0.2) is 4.39 Å². The first-order valence-corrected chi connectivity index (χ1v) is 8.15. The van der Waals surface area contributed by atoms with Crippen LogP contribution in [0.1, 0.15) is 5.56 Å². The minimum Gasteiger partial charge on any atom is -0.358 e. The third kappa shape index (κ3) is 3.36. The number of anilines is 1. The first-order valence-electron chi connectivity index (χ1n) is 6.76. The lowest BCUT2D eigenvalue weighted by molar-refractivity contribution is 0.626. The maximum Gasteiger partial charge on any atom is 0.173 e. The molecule has 21 heavy (non-hydrogen) atoms. The second-order valence-corrected chi connectivity index (χ2v) is 6.28. The molecule has 2 aromatic rings. The molecule has 5 heteroatoms. The van der Waals surface area contributed by atoms with E-state index in [0.29, 0.717) is 11.7 Å². The highest BCUT2D eigenvalue weighted by Crippen LogP contribution is 2.34. The van der Waals surface area contributed by atoms with Gasteiger partial charge < -0.3 is 10.2 Å². The number of nitrogens with zero attached hydrogens (tertiary/aromatic N) is 1. The summed E-state index contributed by atoms with van der Waals surface area (Å²) in [6.07, 6.45) is 0. The Bertz CT molecular complexity index is 643. The van der Waals surface area contributed by atoms with Gasteiger partial charge in [0.15, 0.2) is 5.11 Å². The van der Waals surface area contributed by atoms with Gasteiger partial charge in [-0.2, -0.15) is 0 Å². The van der Waals surface area contributed by atoms with Gasteiger partial charge >= 0.3 is 0 Å². The van der Waals surface area contributed by atoms with Crippen LogP contribution in [0.3, 0.4) is 0 Å². The Labute approximate surface area is 133 Å². The van der Waals surface area contributed by atoms with Crippen LogP contribution in [0.15, 0.2) is 53.4 Å². The van der Waals surface area contributed by atoms with Gasteiger partial charge in [-0.1, -0.05) is 24.3 Å². The maximum absolute atomic E-state index is 12.9. The summed E-state index contributed by atoms with van der Waals surface area (Å²) >= 11 is 7.36. The second-order valence-electron chi connectivity index (χ2n) is 4.75. The van der Waals surface area contributed by atoms with Crippen molar-refractivity contribution in [1.29, 1.82) is 0 Å². The highest BCUT2D eigenvalue weighted by atomic mass is 32.2. The van der Waals surface area contributed by atoms with Crippen LogP contribution in [0.4, 0.5) is 10.1 Å². The predicted molar refractivity (Wildman–Crippen MR) is 90.3 cm³/mol. The maximum atomic E-state index is 12.9. The Hall–Kier alpha value is -1.59. The lowest BCUT2D eigenvalue weighted by Gasteiger charge is -2.31. The summed E-state index contributed by atoms with van der Waals surface area (Å²) in [6.45, 7) is 1.50. The lowest BCUT2D eigenvalue weighted by Crippen LogP contribution is -2.42. The number of thiocarbonyl (C=S) groups is 1. The van der Waals surface area contributed by atoms with E-state index in [2.05, 4.69) is 22.3 Å². The van der Waals surface area contributed by atoms with E-state index in [1.165, 1.54) is 17.0 Å². The van der Waals surface area contributed by atoms with E-state index in [4.69, 9.17) is 12.2 Å². The van der Waals surface area contributed by atoms with Gasteiger partial charge in [-0.15, -0.1) is 11.8 Å². The van der Waals surface area contributed by atoms with Crippen LogP contribution in [0.25, 0.3) is 0 Å². The first kappa shape index (κ1) is 14.4. The average Bonchev–Trinajstić information content (AvgIpc) is 2.53. The molecule has 0 aliphatic carbocycles.